The average molecular weight is 520 g/mol. The van der Waals surface area contributed by atoms with E-state index >= 15 is 0 Å². The van der Waals surface area contributed by atoms with Crippen LogP contribution in [0.1, 0.15) is 10.4 Å². The molecule has 2 amide bonds. The Bertz CT molecular complexity index is 866. The minimum atomic E-state index is -0.499. The monoisotopic (exact) mass is 519 g/mol. The molecule has 0 radical (unpaired) electrons. The third-order valence-electron chi connectivity index (χ3n) is 3.15. The molecule has 0 saturated carbocycles. The van der Waals surface area contributed by atoms with Crippen molar-refractivity contribution in [3.05, 3.63) is 56.6 Å². The lowest BCUT2D eigenvalue weighted by atomic mass is 10.2. The predicted octanol–water partition coefficient (Wildman–Crippen LogP) is 2.67. The first-order valence-electron chi connectivity index (χ1n) is 7.51. The molecule has 142 valence electrons. The highest BCUT2D eigenvalue weighted by atomic mass is 127. The molecule has 7 nitrogen and oxygen atoms in total. The van der Waals surface area contributed by atoms with Crippen LogP contribution in [0, 0.1) is 3.57 Å². The Hall–Kier alpha value is -2.11. The normalized spacial score (nSPS) is 9.89. The lowest BCUT2D eigenvalue weighted by Crippen LogP contribution is -2.49. The molecule has 0 saturated heterocycles. The van der Waals surface area contributed by atoms with Gasteiger partial charge in [0.2, 0.25) is 0 Å². The third-order valence-corrected chi connectivity index (χ3v) is 4.51. The molecule has 2 aromatic rings. The van der Waals surface area contributed by atoms with E-state index in [1.165, 1.54) is 0 Å². The Morgan fingerprint density at radius 3 is 2.56 bits per heavy atom. The molecule has 0 aliphatic rings. The van der Waals surface area contributed by atoms with Gasteiger partial charge >= 0.3 is 0 Å². The number of hydrogen-bond donors (Lipinski definition) is 3. The van der Waals surface area contributed by atoms with Gasteiger partial charge in [-0.1, -0.05) is 23.7 Å². The number of methoxy groups -OCH3 is 1. The van der Waals surface area contributed by atoms with Crippen molar-refractivity contribution in [2.75, 3.05) is 13.7 Å². The van der Waals surface area contributed by atoms with Gasteiger partial charge in [0.05, 0.1) is 15.7 Å². The molecule has 0 fully saturated rings. The fourth-order valence-electron chi connectivity index (χ4n) is 1.89. The highest BCUT2D eigenvalue weighted by Gasteiger charge is 2.11. The maximum atomic E-state index is 12.1. The number of benzene rings is 2. The second-order valence-electron chi connectivity index (χ2n) is 5.02. The van der Waals surface area contributed by atoms with E-state index < -0.39 is 11.8 Å². The summed E-state index contributed by atoms with van der Waals surface area (Å²) in [7, 11) is 1.55. The lowest BCUT2D eigenvalue weighted by molar-refractivity contribution is -0.121. The zero-order valence-corrected chi connectivity index (χ0v) is 17.8. The summed E-state index contributed by atoms with van der Waals surface area (Å²) in [4.78, 5) is 23.9. The second-order valence-corrected chi connectivity index (χ2v) is 7.00. The number of halogens is 2. The van der Waals surface area contributed by atoms with E-state index in [-0.39, 0.29) is 11.7 Å². The van der Waals surface area contributed by atoms with Crippen LogP contribution in [0.2, 0.25) is 5.02 Å². The number of hydrazine groups is 1. The molecule has 0 aliphatic heterocycles. The molecule has 2 aromatic carbocycles. The molecule has 0 unspecified atom stereocenters. The van der Waals surface area contributed by atoms with Crippen molar-refractivity contribution >= 4 is 63.3 Å². The molecular weight excluding hydrogens is 505 g/mol. The molecule has 0 aliphatic carbocycles. The largest absolute Gasteiger partial charge is 0.496 e. The van der Waals surface area contributed by atoms with Crippen molar-refractivity contribution in [3.8, 4) is 11.5 Å². The van der Waals surface area contributed by atoms with Crippen LogP contribution in [0.15, 0.2) is 42.5 Å². The molecular formula is C17H15ClIN3O4S. The van der Waals surface area contributed by atoms with Crippen molar-refractivity contribution in [1.29, 1.82) is 0 Å². The van der Waals surface area contributed by atoms with Crippen LogP contribution in [-0.2, 0) is 4.79 Å². The summed E-state index contributed by atoms with van der Waals surface area (Å²) in [5, 5.41) is 2.71. The van der Waals surface area contributed by atoms with Gasteiger partial charge in [0.25, 0.3) is 11.8 Å². The number of rotatable bonds is 5. The average Bonchev–Trinajstić information content (AvgIpc) is 2.65. The van der Waals surface area contributed by atoms with Crippen LogP contribution in [0.5, 0.6) is 11.5 Å². The first-order valence-corrected chi connectivity index (χ1v) is 9.38. The summed E-state index contributed by atoms with van der Waals surface area (Å²) in [5.74, 6) is 0.136. The van der Waals surface area contributed by atoms with Gasteiger partial charge in [0, 0.05) is 5.56 Å². The van der Waals surface area contributed by atoms with E-state index in [0.29, 0.717) is 22.1 Å². The van der Waals surface area contributed by atoms with Crippen molar-refractivity contribution in [2.24, 2.45) is 0 Å². The summed E-state index contributed by atoms with van der Waals surface area (Å²) in [6, 6.07) is 11.7. The fourth-order valence-corrected chi connectivity index (χ4v) is 2.98. The van der Waals surface area contributed by atoms with Gasteiger partial charge < -0.3 is 9.47 Å². The van der Waals surface area contributed by atoms with E-state index in [9.17, 15) is 9.59 Å². The molecule has 3 N–H and O–H groups in total. The Morgan fingerprint density at radius 1 is 1.15 bits per heavy atom. The fraction of sp³-hybridized carbons (Fsp3) is 0.118. The number of ether oxygens (including phenoxy) is 2. The first kappa shape index (κ1) is 21.2. The van der Waals surface area contributed by atoms with E-state index in [0.717, 1.165) is 3.57 Å². The van der Waals surface area contributed by atoms with Crippen molar-refractivity contribution in [2.45, 2.75) is 0 Å². The maximum Gasteiger partial charge on any atom is 0.269 e. The predicted molar refractivity (Wildman–Crippen MR) is 114 cm³/mol. The molecule has 0 spiro atoms. The highest BCUT2D eigenvalue weighted by molar-refractivity contribution is 14.1. The van der Waals surface area contributed by atoms with Crippen molar-refractivity contribution in [3.63, 3.8) is 0 Å². The standard InChI is InChI=1S/C17H15ClIN3O4S/c1-25-14-7-6-10(8-12(14)19)16(24)21-22-17(27)20-15(23)9-26-13-5-3-2-4-11(13)18/h2-8H,9H2,1H3,(H,21,24)(H2,20,22,23,27). The number of nitrogens with one attached hydrogen (secondary N) is 3. The minimum absolute atomic E-state index is 0.0701. The number of thiocarbonyl (C=S) groups is 1. The van der Waals surface area contributed by atoms with Crippen LogP contribution in [0.25, 0.3) is 0 Å². The Balaban J connectivity index is 1.78. The van der Waals surface area contributed by atoms with Crippen LogP contribution in [0.4, 0.5) is 0 Å². The highest BCUT2D eigenvalue weighted by Crippen LogP contribution is 2.23. The van der Waals surface area contributed by atoms with Gasteiger partial charge in [0.15, 0.2) is 11.7 Å². The van der Waals surface area contributed by atoms with E-state index in [4.69, 9.17) is 33.3 Å². The molecule has 0 aromatic heterocycles. The first-order chi connectivity index (χ1) is 12.9. The summed E-state index contributed by atoms with van der Waals surface area (Å²) < 4.78 is 11.2. The van der Waals surface area contributed by atoms with Crippen LogP contribution >= 0.6 is 46.4 Å². The molecule has 0 bridgehead atoms. The molecule has 0 heterocycles. The number of amides is 2. The van der Waals surface area contributed by atoms with Gasteiger partial charge in [-0.25, -0.2) is 0 Å². The molecule has 10 heteroatoms. The zero-order valence-electron chi connectivity index (χ0n) is 14.0. The van der Waals surface area contributed by atoms with E-state index in [1.54, 1.807) is 49.6 Å². The van der Waals surface area contributed by atoms with Gasteiger partial charge in [-0.05, 0) is 65.1 Å². The smallest absolute Gasteiger partial charge is 0.269 e. The van der Waals surface area contributed by atoms with Gasteiger partial charge in [0.1, 0.15) is 11.5 Å². The number of hydrogen-bond acceptors (Lipinski definition) is 5. The SMILES string of the molecule is COc1ccc(C(=O)NNC(=S)NC(=O)COc2ccccc2Cl)cc1I. The number of carbonyl (C=O) groups is 2. The quantitative estimate of drug-likeness (QED) is 0.320. The van der Waals surface area contributed by atoms with Gasteiger partial charge in [-0.2, -0.15) is 0 Å². The van der Waals surface area contributed by atoms with E-state index in [2.05, 4.69) is 38.8 Å². The minimum Gasteiger partial charge on any atom is -0.496 e. The number of carbonyl (C=O) groups excluding carboxylic acids is 2. The second kappa shape index (κ2) is 10.3. The maximum absolute atomic E-state index is 12.1. The molecule has 2 rings (SSSR count). The number of para-hydroxylation sites is 1. The third kappa shape index (κ3) is 6.52. The van der Waals surface area contributed by atoms with Gasteiger partial charge in [-0.15, -0.1) is 0 Å². The summed E-state index contributed by atoms with van der Waals surface area (Å²) in [6.45, 7) is -0.282. The summed E-state index contributed by atoms with van der Waals surface area (Å²) >= 11 is 13.0. The topological polar surface area (TPSA) is 88.7 Å². The van der Waals surface area contributed by atoms with Crippen molar-refractivity contribution < 1.29 is 19.1 Å². The summed E-state index contributed by atoms with van der Waals surface area (Å²) in [5.41, 5.74) is 5.26. The molecule has 0 atom stereocenters. The van der Waals surface area contributed by atoms with E-state index in [1.807, 2.05) is 0 Å². The van der Waals surface area contributed by atoms with Crippen LogP contribution in [-0.4, -0.2) is 30.6 Å². The zero-order chi connectivity index (χ0) is 19.8. The van der Waals surface area contributed by atoms with Crippen molar-refractivity contribution in [1.82, 2.24) is 16.2 Å². The Morgan fingerprint density at radius 2 is 1.89 bits per heavy atom. The Labute approximate surface area is 179 Å². The lowest BCUT2D eigenvalue weighted by Gasteiger charge is -2.12. The van der Waals surface area contributed by atoms with Crippen LogP contribution < -0.4 is 25.6 Å². The Kier molecular flexibility index (Phi) is 8.07. The molecule has 27 heavy (non-hydrogen) atoms. The summed E-state index contributed by atoms with van der Waals surface area (Å²) in [6.07, 6.45) is 0. The van der Waals surface area contributed by atoms with Gasteiger partial charge in [-0.3, -0.25) is 25.8 Å². The van der Waals surface area contributed by atoms with Crippen LogP contribution in [0.3, 0.4) is 0 Å².